The summed E-state index contributed by atoms with van der Waals surface area (Å²) in [6.45, 7) is 4.35. The summed E-state index contributed by atoms with van der Waals surface area (Å²) in [5.41, 5.74) is 5.85. The van der Waals surface area contributed by atoms with Gasteiger partial charge in [0.1, 0.15) is 23.9 Å². The van der Waals surface area contributed by atoms with Gasteiger partial charge in [0.25, 0.3) is 0 Å². The van der Waals surface area contributed by atoms with Gasteiger partial charge in [-0.05, 0) is 68.4 Å². The molecule has 0 aliphatic rings. The summed E-state index contributed by atoms with van der Waals surface area (Å²) in [5.74, 6) is 2.16. The number of nitrogens with zero attached hydrogens (tertiary/aromatic N) is 3. The Kier molecular flexibility index (Phi) is 6.35. The quantitative estimate of drug-likeness (QED) is 0.314. The minimum absolute atomic E-state index is 0.146. The molecule has 0 spiro atoms. The lowest BCUT2D eigenvalue weighted by Gasteiger charge is -2.10. The molecule has 33 heavy (non-hydrogen) atoms. The summed E-state index contributed by atoms with van der Waals surface area (Å²) in [6.07, 6.45) is 1.43. The maximum atomic E-state index is 12.2. The van der Waals surface area contributed by atoms with Gasteiger partial charge in [-0.15, -0.1) is 0 Å². The van der Waals surface area contributed by atoms with E-state index in [-0.39, 0.29) is 12.4 Å². The van der Waals surface area contributed by atoms with Gasteiger partial charge < -0.3 is 23.0 Å². The van der Waals surface area contributed by atoms with Crippen molar-refractivity contribution in [2.24, 2.45) is 5.10 Å². The van der Waals surface area contributed by atoms with E-state index in [1.165, 1.54) is 17.6 Å². The Hall–Kier alpha value is -4.20. The molecular weight excluding hydrogens is 420 g/mol. The number of nitrogens with one attached hydrogen (secondary N) is 1. The van der Waals surface area contributed by atoms with E-state index in [1.807, 2.05) is 49.3 Å². The van der Waals surface area contributed by atoms with Gasteiger partial charge in [0.05, 0.1) is 6.21 Å². The van der Waals surface area contributed by atoms with Crippen molar-refractivity contribution in [1.82, 2.24) is 9.99 Å². The molecule has 4 aromatic rings. The third-order valence-electron chi connectivity index (χ3n) is 5.04. The maximum absolute atomic E-state index is 12.2. The third kappa shape index (κ3) is 5.17. The highest BCUT2D eigenvalue weighted by Crippen LogP contribution is 2.21. The molecule has 0 saturated carbocycles. The number of hydrazone groups is 1. The zero-order valence-corrected chi connectivity index (χ0v) is 19.0. The molecule has 0 bridgehead atoms. The fourth-order valence-corrected chi connectivity index (χ4v) is 3.36. The van der Waals surface area contributed by atoms with Gasteiger partial charge in [-0.3, -0.25) is 4.79 Å². The summed E-state index contributed by atoms with van der Waals surface area (Å²) < 4.78 is 19.1. The maximum Gasteiger partial charge on any atom is 0.307 e. The summed E-state index contributed by atoms with van der Waals surface area (Å²) in [5, 5.41) is 3.90. The van der Waals surface area contributed by atoms with Crippen LogP contribution in [0.3, 0.4) is 0 Å². The molecular formula is C25H26N4O4. The van der Waals surface area contributed by atoms with Crippen LogP contribution in [0.25, 0.3) is 5.69 Å². The van der Waals surface area contributed by atoms with Gasteiger partial charge in [-0.1, -0.05) is 0 Å². The molecule has 1 N–H and O–H groups in total. The highest BCUT2D eigenvalue weighted by atomic mass is 16.5. The number of amides is 1. The van der Waals surface area contributed by atoms with Crippen molar-refractivity contribution < 1.29 is 18.4 Å². The second-order valence-corrected chi connectivity index (χ2v) is 7.77. The van der Waals surface area contributed by atoms with E-state index in [0.29, 0.717) is 23.2 Å². The lowest BCUT2D eigenvalue weighted by atomic mass is 10.3. The Morgan fingerprint density at radius 3 is 2.39 bits per heavy atom. The molecule has 1 aromatic carbocycles. The van der Waals surface area contributed by atoms with E-state index in [0.717, 1.165) is 5.69 Å². The van der Waals surface area contributed by atoms with Crippen molar-refractivity contribution in [3.63, 3.8) is 0 Å². The summed E-state index contributed by atoms with van der Waals surface area (Å²) >= 11 is 0. The Balaban J connectivity index is 1.30. The first kappa shape index (κ1) is 22.0. The predicted molar refractivity (Wildman–Crippen MR) is 126 cm³/mol. The summed E-state index contributed by atoms with van der Waals surface area (Å²) in [6, 6.07) is 18.9. The fraction of sp³-hybridized carbons (Fsp3) is 0.200. The van der Waals surface area contributed by atoms with Crippen molar-refractivity contribution in [3.8, 4) is 11.4 Å². The van der Waals surface area contributed by atoms with Crippen molar-refractivity contribution >= 4 is 18.0 Å². The highest BCUT2D eigenvalue weighted by Gasteiger charge is 2.11. The molecule has 8 nitrogen and oxygen atoms in total. The predicted octanol–water partition coefficient (Wildman–Crippen LogP) is 4.69. The number of aromatic nitrogens is 1. The van der Waals surface area contributed by atoms with Crippen LogP contribution in [-0.2, 0) is 6.61 Å². The Morgan fingerprint density at radius 2 is 1.73 bits per heavy atom. The summed E-state index contributed by atoms with van der Waals surface area (Å²) in [4.78, 5) is 14.1. The van der Waals surface area contributed by atoms with Crippen LogP contribution >= 0.6 is 0 Å². The van der Waals surface area contributed by atoms with Crippen LogP contribution in [0.2, 0.25) is 0 Å². The average Bonchev–Trinajstić information content (AvgIpc) is 3.53. The van der Waals surface area contributed by atoms with Crippen molar-refractivity contribution in [1.29, 1.82) is 0 Å². The Bertz CT molecular complexity index is 1240. The monoisotopic (exact) mass is 446 g/mol. The van der Waals surface area contributed by atoms with Crippen molar-refractivity contribution in [2.75, 3.05) is 19.0 Å². The molecule has 4 rings (SSSR count). The average molecular weight is 447 g/mol. The SMILES string of the molecule is Cc1ccc(C)n1-c1ccc(OCc2ccc(C(=O)NN=Cc3ccc(N(C)C)o3)o2)cc1. The van der Waals surface area contributed by atoms with Gasteiger partial charge in [0.15, 0.2) is 11.6 Å². The third-order valence-corrected chi connectivity index (χ3v) is 5.04. The second kappa shape index (κ2) is 9.52. The first-order valence-electron chi connectivity index (χ1n) is 10.5. The van der Waals surface area contributed by atoms with E-state index in [9.17, 15) is 4.79 Å². The standard InChI is InChI=1S/C25H26N4O4/c1-17-5-6-18(2)29(17)19-7-9-20(10-8-19)31-16-22-11-13-23(32-22)25(30)27-26-15-21-12-14-24(33-21)28(3)4/h5-15H,16H2,1-4H3,(H,27,30). The van der Waals surface area contributed by atoms with Crippen LogP contribution in [0.1, 0.15) is 33.5 Å². The molecule has 1 amide bonds. The normalized spacial score (nSPS) is 11.2. The number of ether oxygens (including phenoxy) is 1. The van der Waals surface area contributed by atoms with Gasteiger partial charge in [-0.2, -0.15) is 5.10 Å². The van der Waals surface area contributed by atoms with Gasteiger partial charge in [0.2, 0.25) is 0 Å². The Morgan fingerprint density at radius 1 is 1.00 bits per heavy atom. The van der Waals surface area contributed by atoms with Crippen LogP contribution < -0.4 is 15.1 Å². The second-order valence-electron chi connectivity index (χ2n) is 7.77. The van der Waals surface area contributed by atoms with Gasteiger partial charge >= 0.3 is 5.91 Å². The number of benzene rings is 1. The Labute approximate surface area is 192 Å². The molecule has 0 aliphatic heterocycles. The van der Waals surface area contributed by atoms with E-state index in [4.69, 9.17) is 13.6 Å². The minimum Gasteiger partial charge on any atom is -0.486 e. The molecule has 0 atom stereocenters. The smallest absolute Gasteiger partial charge is 0.307 e. The van der Waals surface area contributed by atoms with Gasteiger partial charge in [-0.25, -0.2) is 5.43 Å². The largest absolute Gasteiger partial charge is 0.486 e. The molecule has 0 radical (unpaired) electrons. The lowest BCUT2D eigenvalue weighted by molar-refractivity contribution is 0.0923. The van der Waals surface area contributed by atoms with E-state index >= 15 is 0 Å². The van der Waals surface area contributed by atoms with Crippen LogP contribution in [-0.4, -0.2) is 30.8 Å². The number of rotatable bonds is 8. The van der Waals surface area contributed by atoms with Crippen LogP contribution in [0.4, 0.5) is 5.88 Å². The minimum atomic E-state index is -0.460. The number of carbonyl (C=O) groups excluding carboxylic acids is 1. The highest BCUT2D eigenvalue weighted by molar-refractivity contribution is 5.92. The van der Waals surface area contributed by atoms with Crippen LogP contribution in [0.15, 0.2) is 74.6 Å². The number of carbonyl (C=O) groups is 1. The molecule has 0 fully saturated rings. The zero-order valence-electron chi connectivity index (χ0n) is 19.0. The first-order chi connectivity index (χ1) is 15.9. The molecule has 0 saturated heterocycles. The van der Waals surface area contributed by atoms with Crippen molar-refractivity contribution in [2.45, 2.75) is 20.5 Å². The van der Waals surface area contributed by atoms with E-state index < -0.39 is 5.91 Å². The number of anilines is 1. The molecule has 0 aliphatic carbocycles. The molecule has 0 unspecified atom stereocenters. The fourth-order valence-electron chi connectivity index (χ4n) is 3.36. The topological polar surface area (TPSA) is 85.1 Å². The first-order valence-corrected chi connectivity index (χ1v) is 10.5. The molecule has 8 heteroatoms. The lowest BCUT2D eigenvalue weighted by Crippen LogP contribution is -2.16. The van der Waals surface area contributed by atoms with Crippen LogP contribution in [0.5, 0.6) is 5.75 Å². The van der Waals surface area contributed by atoms with Gasteiger partial charge in [0, 0.05) is 37.2 Å². The van der Waals surface area contributed by atoms with Crippen LogP contribution in [0, 0.1) is 13.8 Å². The number of hydrogen-bond acceptors (Lipinski definition) is 6. The number of hydrogen-bond donors (Lipinski definition) is 1. The molecule has 3 aromatic heterocycles. The number of furan rings is 2. The molecule has 170 valence electrons. The zero-order chi connectivity index (χ0) is 23.4. The van der Waals surface area contributed by atoms with E-state index in [2.05, 4.69) is 41.1 Å². The van der Waals surface area contributed by atoms with Crippen molar-refractivity contribution in [3.05, 3.63) is 89.3 Å². The van der Waals surface area contributed by atoms with E-state index in [1.54, 1.807) is 18.2 Å². The molecule has 3 heterocycles. The summed E-state index contributed by atoms with van der Waals surface area (Å²) in [7, 11) is 3.75. The number of aryl methyl sites for hydroxylation is 2.